The van der Waals surface area contributed by atoms with E-state index in [1.165, 1.54) is 77.0 Å². The lowest BCUT2D eigenvalue weighted by Crippen LogP contribution is -2.31. The largest absolute Gasteiger partial charge is 0.366 e. The van der Waals surface area contributed by atoms with Gasteiger partial charge >= 0.3 is 0 Å². The molecule has 0 heterocycles. The highest BCUT2D eigenvalue weighted by atomic mass is 16.5. The maximum absolute atomic E-state index is 6.53. The van der Waals surface area contributed by atoms with Gasteiger partial charge in [0.2, 0.25) is 0 Å². The second kappa shape index (κ2) is 16.9. The normalized spacial score (nSPS) is 16.2. The van der Waals surface area contributed by atoms with E-state index in [-0.39, 0.29) is 12.2 Å². The van der Waals surface area contributed by atoms with Crippen LogP contribution in [0.2, 0.25) is 0 Å². The molecule has 0 aliphatic rings. The molecule has 148 valence electrons. The van der Waals surface area contributed by atoms with Crippen LogP contribution in [0.4, 0.5) is 0 Å². The van der Waals surface area contributed by atoms with Crippen LogP contribution in [-0.4, -0.2) is 12.2 Å². The van der Waals surface area contributed by atoms with E-state index in [1.807, 2.05) is 12.2 Å². The number of hydrogen-bond donors (Lipinski definition) is 0. The van der Waals surface area contributed by atoms with Crippen molar-refractivity contribution in [1.82, 2.24) is 0 Å². The summed E-state index contributed by atoms with van der Waals surface area (Å²) in [5.74, 6) is 1.18. The Morgan fingerprint density at radius 2 is 1.04 bits per heavy atom. The van der Waals surface area contributed by atoms with Crippen molar-refractivity contribution in [2.24, 2.45) is 11.8 Å². The minimum Gasteiger partial charge on any atom is -0.366 e. The standard InChI is InChI=1S/C24H46O/c1-7-13-15-17-19-21(9-3)23(11-5)25-24(12-6)22(10-4)20-18-16-14-8-2/h11-12,21-24H,5-10,13-20H2,1-4H3. The second-order valence-electron chi connectivity index (χ2n) is 7.57. The first kappa shape index (κ1) is 24.4. The van der Waals surface area contributed by atoms with Crippen molar-refractivity contribution in [3.8, 4) is 0 Å². The Labute approximate surface area is 159 Å². The predicted octanol–water partition coefficient (Wildman–Crippen LogP) is 8.11. The van der Waals surface area contributed by atoms with Crippen LogP contribution in [0, 0.1) is 11.8 Å². The molecule has 0 radical (unpaired) electrons. The van der Waals surface area contributed by atoms with E-state index < -0.39 is 0 Å². The molecule has 0 saturated heterocycles. The minimum absolute atomic E-state index is 0.166. The summed E-state index contributed by atoms with van der Waals surface area (Å²) < 4.78 is 6.53. The monoisotopic (exact) mass is 350 g/mol. The van der Waals surface area contributed by atoms with Gasteiger partial charge in [0.25, 0.3) is 0 Å². The maximum atomic E-state index is 6.53. The number of rotatable bonds is 18. The number of hydrogen-bond acceptors (Lipinski definition) is 1. The molecule has 4 atom stereocenters. The fourth-order valence-electron chi connectivity index (χ4n) is 3.77. The van der Waals surface area contributed by atoms with Crippen molar-refractivity contribution in [2.75, 3.05) is 0 Å². The molecular weight excluding hydrogens is 304 g/mol. The van der Waals surface area contributed by atoms with Gasteiger partial charge in [-0.25, -0.2) is 0 Å². The summed E-state index contributed by atoms with van der Waals surface area (Å²) in [4.78, 5) is 0. The molecule has 0 aromatic rings. The van der Waals surface area contributed by atoms with Gasteiger partial charge in [0.15, 0.2) is 0 Å². The highest BCUT2D eigenvalue weighted by Gasteiger charge is 2.24. The van der Waals surface area contributed by atoms with Crippen LogP contribution in [0.5, 0.6) is 0 Å². The van der Waals surface area contributed by atoms with Gasteiger partial charge in [0, 0.05) is 0 Å². The van der Waals surface area contributed by atoms with Gasteiger partial charge in [-0.2, -0.15) is 0 Å². The molecule has 0 aliphatic heterocycles. The summed E-state index contributed by atoms with van der Waals surface area (Å²) in [6.07, 6.45) is 19.9. The van der Waals surface area contributed by atoms with E-state index in [1.54, 1.807) is 0 Å². The Bertz CT molecular complexity index is 279. The first-order valence-electron chi connectivity index (χ1n) is 11.1. The summed E-state index contributed by atoms with van der Waals surface area (Å²) in [6, 6.07) is 0. The lowest BCUT2D eigenvalue weighted by molar-refractivity contribution is -0.0262. The van der Waals surface area contributed by atoms with E-state index in [0.717, 1.165) is 0 Å². The summed E-state index contributed by atoms with van der Waals surface area (Å²) in [7, 11) is 0. The Hall–Kier alpha value is -0.560. The predicted molar refractivity (Wildman–Crippen MR) is 114 cm³/mol. The molecule has 0 saturated carbocycles. The SMILES string of the molecule is C=CC(OC(C=C)C(CC)CCCCCC)C(CC)CCCCCC. The smallest absolute Gasteiger partial charge is 0.0789 e. The summed E-state index contributed by atoms with van der Waals surface area (Å²) in [5.41, 5.74) is 0. The first-order chi connectivity index (χ1) is 12.2. The zero-order valence-electron chi connectivity index (χ0n) is 17.8. The summed E-state index contributed by atoms with van der Waals surface area (Å²) in [6.45, 7) is 17.3. The van der Waals surface area contributed by atoms with Crippen LogP contribution >= 0.6 is 0 Å². The molecule has 0 aromatic heterocycles. The van der Waals surface area contributed by atoms with E-state index in [0.29, 0.717) is 11.8 Å². The average Bonchev–Trinajstić information content (AvgIpc) is 2.64. The zero-order valence-corrected chi connectivity index (χ0v) is 17.8. The third kappa shape index (κ3) is 10.9. The van der Waals surface area contributed by atoms with Gasteiger partial charge < -0.3 is 4.74 Å². The van der Waals surface area contributed by atoms with Crippen molar-refractivity contribution in [3.63, 3.8) is 0 Å². The van der Waals surface area contributed by atoms with Crippen molar-refractivity contribution in [2.45, 2.75) is 117 Å². The van der Waals surface area contributed by atoms with E-state index in [9.17, 15) is 0 Å². The molecule has 0 rings (SSSR count). The van der Waals surface area contributed by atoms with E-state index in [2.05, 4.69) is 40.9 Å². The molecule has 1 heteroatoms. The molecule has 0 aliphatic carbocycles. The quantitative estimate of drug-likeness (QED) is 0.179. The fraction of sp³-hybridized carbons (Fsp3) is 0.833. The lowest BCUT2D eigenvalue weighted by Gasteiger charge is -2.31. The molecule has 0 aromatic carbocycles. The second-order valence-corrected chi connectivity index (χ2v) is 7.57. The van der Waals surface area contributed by atoms with Gasteiger partial charge in [-0.3, -0.25) is 0 Å². The summed E-state index contributed by atoms with van der Waals surface area (Å²) in [5, 5.41) is 0. The highest BCUT2D eigenvalue weighted by Crippen LogP contribution is 2.27. The average molecular weight is 351 g/mol. The molecule has 0 fully saturated rings. The van der Waals surface area contributed by atoms with Crippen molar-refractivity contribution >= 4 is 0 Å². The molecule has 4 unspecified atom stereocenters. The van der Waals surface area contributed by atoms with Gasteiger partial charge in [-0.1, -0.05) is 104 Å². The molecule has 0 N–H and O–H groups in total. The Balaban J connectivity index is 4.60. The fourth-order valence-corrected chi connectivity index (χ4v) is 3.77. The van der Waals surface area contributed by atoms with Crippen LogP contribution < -0.4 is 0 Å². The third-order valence-electron chi connectivity index (χ3n) is 5.61. The number of ether oxygens (including phenoxy) is 1. The zero-order chi connectivity index (χ0) is 18.9. The van der Waals surface area contributed by atoms with Crippen LogP contribution in [0.1, 0.15) is 105 Å². The van der Waals surface area contributed by atoms with Gasteiger partial charge in [-0.05, 0) is 24.7 Å². The Morgan fingerprint density at radius 1 is 0.640 bits per heavy atom. The Morgan fingerprint density at radius 3 is 1.32 bits per heavy atom. The lowest BCUT2D eigenvalue weighted by atomic mass is 9.90. The third-order valence-corrected chi connectivity index (χ3v) is 5.61. The van der Waals surface area contributed by atoms with Crippen molar-refractivity contribution < 1.29 is 4.74 Å². The van der Waals surface area contributed by atoms with Crippen LogP contribution in [-0.2, 0) is 4.74 Å². The van der Waals surface area contributed by atoms with Crippen LogP contribution in [0.25, 0.3) is 0 Å². The molecular formula is C24H46O. The van der Waals surface area contributed by atoms with Crippen molar-refractivity contribution in [3.05, 3.63) is 25.3 Å². The topological polar surface area (TPSA) is 9.23 Å². The molecule has 0 bridgehead atoms. The van der Waals surface area contributed by atoms with Gasteiger partial charge in [-0.15, -0.1) is 13.2 Å². The van der Waals surface area contributed by atoms with Crippen LogP contribution in [0.3, 0.4) is 0 Å². The Kier molecular flexibility index (Phi) is 16.5. The minimum atomic E-state index is 0.166. The van der Waals surface area contributed by atoms with Crippen molar-refractivity contribution in [1.29, 1.82) is 0 Å². The van der Waals surface area contributed by atoms with Crippen LogP contribution in [0.15, 0.2) is 25.3 Å². The molecule has 25 heavy (non-hydrogen) atoms. The van der Waals surface area contributed by atoms with E-state index >= 15 is 0 Å². The van der Waals surface area contributed by atoms with E-state index in [4.69, 9.17) is 4.74 Å². The highest BCUT2D eigenvalue weighted by molar-refractivity contribution is 4.92. The maximum Gasteiger partial charge on any atom is 0.0789 e. The first-order valence-corrected chi connectivity index (χ1v) is 11.1. The molecule has 0 spiro atoms. The van der Waals surface area contributed by atoms with Gasteiger partial charge in [0.1, 0.15) is 0 Å². The molecule has 1 nitrogen and oxygen atoms in total. The number of unbranched alkanes of at least 4 members (excludes halogenated alkanes) is 6. The summed E-state index contributed by atoms with van der Waals surface area (Å²) >= 11 is 0. The molecule has 0 amide bonds. The van der Waals surface area contributed by atoms with Gasteiger partial charge in [0.05, 0.1) is 12.2 Å².